The van der Waals surface area contributed by atoms with Gasteiger partial charge in [-0.05, 0) is 43.2 Å². The van der Waals surface area contributed by atoms with Crippen molar-refractivity contribution in [1.29, 1.82) is 0 Å². The average Bonchev–Trinajstić information content (AvgIpc) is 2.68. The van der Waals surface area contributed by atoms with E-state index in [4.69, 9.17) is 5.73 Å². The van der Waals surface area contributed by atoms with Crippen molar-refractivity contribution in [1.82, 2.24) is 0 Å². The maximum atomic E-state index is 13.0. The van der Waals surface area contributed by atoms with Crippen LogP contribution in [0.1, 0.15) is 62.1 Å². The molecule has 0 aliphatic heterocycles. The van der Waals surface area contributed by atoms with Crippen LogP contribution in [0.4, 0.5) is 0 Å². The van der Waals surface area contributed by atoms with E-state index in [0.717, 1.165) is 44.1 Å². The van der Waals surface area contributed by atoms with Crippen molar-refractivity contribution in [2.75, 3.05) is 0 Å². The lowest BCUT2D eigenvalue weighted by molar-refractivity contribution is 0.466. The minimum Gasteiger partial charge on any atom is -0.323 e. The van der Waals surface area contributed by atoms with E-state index in [1.54, 1.807) is 0 Å². The van der Waals surface area contributed by atoms with Crippen LogP contribution in [0.5, 0.6) is 0 Å². The number of nitrogens with two attached hydrogens (primary N) is 1. The van der Waals surface area contributed by atoms with Crippen LogP contribution in [0.25, 0.3) is 0 Å². The molecule has 21 heavy (non-hydrogen) atoms. The molecule has 2 atom stereocenters. The highest BCUT2D eigenvalue weighted by Crippen LogP contribution is 2.36. The zero-order valence-electron chi connectivity index (χ0n) is 12.5. The lowest BCUT2D eigenvalue weighted by Crippen LogP contribution is -2.40. The monoisotopic (exact) mass is 307 g/mol. The van der Waals surface area contributed by atoms with Crippen LogP contribution in [0.3, 0.4) is 0 Å². The first-order valence-corrected chi connectivity index (χ1v) is 9.78. The van der Waals surface area contributed by atoms with Gasteiger partial charge in [0.25, 0.3) is 0 Å². The van der Waals surface area contributed by atoms with Crippen molar-refractivity contribution in [2.24, 2.45) is 5.73 Å². The number of aryl methyl sites for hydroxylation is 1. The third-order valence-electron chi connectivity index (χ3n) is 5.19. The summed E-state index contributed by atoms with van der Waals surface area (Å²) in [6.07, 6.45) is 7.48. The zero-order chi connectivity index (χ0) is 14.9. The maximum absolute atomic E-state index is 13.0. The Morgan fingerprint density at radius 2 is 1.67 bits per heavy atom. The predicted octanol–water partition coefficient (Wildman–Crippen LogP) is 3.14. The van der Waals surface area contributed by atoms with Gasteiger partial charge in [-0.1, -0.05) is 43.5 Å². The summed E-state index contributed by atoms with van der Waals surface area (Å²) in [5.74, 6) is 0. The fourth-order valence-corrected chi connectivity index (χ4v) is 6.51. The summed E-state index contributed by atoms with van der Waals surface area (Å²) in [6.45, 7) is 0. The van der Waals surface area contributed by atoms with Gasteiger partial charge in [0.05, 0.1) is 10.5 Å². The molecule has 2 N–H and O–H groups in total. The first kappa shape index (κ1) is 15.0. The molecule has 3 nitrogen and oxygen atoms in total. The fraction of sp³-hybridized carbons (Fsp3) is 0.647. The van der Waals surface area contributed by atoms with Gasteiger partial charge in [-0.3, -0.25) is 0 Å². The SMILES string of the molecule is NC1c2ccccc2CCCC1S(=O)(=O)C1CCCCC1. The Morgan fingerprint density at radius 1 is 0.952 bits per heavy atom. The molecular formula is C17H25NO2S. The van der Waals surface area contributed by atoms with E-state index < -0.39 is 15.1 Å². The fourth-order valence-electron chi connectivity index (χ4n) is 3.97. The van der Waals surface area contributed by atoms with Crippen LogP contribution in [0, 0.1) is 0 Å². The molecule has 0 radical (unpaired) electrons. The lowest BCUT2D eigenvalue weighted by atomic mass is 9.99. The first-order valence-electron chi connectivity index (χ1n) is 8.17. The number of hydrogen-bond donors (Lipinski definition) is 1. The molecule has 1 aromatic carbocycles. The van der Waals surface area contributed by atoms with E-state index >= 15 is 0 Å². The molecule has 2 aliphatic rings. The second-order valence-corrected chi connectivity index (χ2v) is 8.95. The van der Waals surface area contributed by atoms with Gasteiger partial charge >= 0.3 is 0 Å². The molecule has 2 unspecified atom stereocenters. The maximum Gasteiger partial charge on any atom is 0.157 e. The third kappa shape index (κ3) is 2.88. The van der Waals surface area contributed by atoms with Gasteiger partial charge in [0, 0.05) is 6.04 Å². The van der Waals surface area contributed by atoms with Crippen molar-refractivity contribution in [2.45, 2.75) is 67.9 Å². The molecule has 0 spiro atoms. The van der Waals surface area contributed by atoms with E-state index in [0.29, 0.717) is 6.42 Å². The summed E-state index contributed by atoms with van der Waals surface area (Å²) < 4.78 is 26.1. The molecule has 0 aromatic heterocycles. The summed E-state index contributed by atoms with van der Waals surface area (Å²) in [5, 5.41) is -0.559. The summed E-state index contributed by atoms with van der Waals surface area (Å²) >= 11 is 0. The minimum atomic E-state index is -3.13. The van der Waals surface area contributed by atoms with Crippen molar-refractivity contribution in [3.8, 4) is 0 Å². The highest BCUT2D eigenvalue weighted by molar-refractivity contribution is 7.92. The van der Waals surface area contributed by atoms with Crippen LogP contribution >= 0.6 is 0 Å². The van der Waals surface area contributed by atoms with Crippen molar-refractivity contribution in [3.05, 3.63) is 35.4 Å². The lowest BCUT2D eigenvalue weighted by Gasteiger charge is -2.30. The molecule has 4 heteroatoms. The molecule has 2 aliphatic carbocycles. The van der Waals surface area contributed by atoms with Crippen molar-refractivity contribution >= 4 is 9.84 Å². The van der Waals surface area contributed by atoms with E-state index in [2.05, 4.69) is 6.07 Å². The van der Waals surface area contributed by atoms with Gasteiger partial charge in [-0.2, -0.15) is 0 Å². The summed E-state index contributed by atoms with van der Waals surface area (Å²) in [5.41, 5.74) is 8.67. The molecule has 0 saturated heterocycles. The second-order valence-electron chi connectivity index (χ2n) is 6.50. The van der Waals surface area contributed by atoms with Crippen LogP contribution in [-0.2, 0) is 16.3 Å². The number of sulfone groups is 1. The van der Waals surface area contributed by atoms with E-state index in [-0.39, 0.29) is 11.3 Å². The van der Waals surface area contributed by atoms with Crippen LogP contribution in [-0.4, -0.2) is 18.9 Å². The Kier molecular flexibility index (Phi) is 4.36. The smallest absolute Gasteiger partial charge is 0.157 e. The highest BCUT2D eigenvalue weighted by Gasteiger charge is 2.39. The largest absolute Gasteiger partial charge is 0.323 e. The Labute approximate surface area is 127 Å². The third-order valence-corrected chi connectivity index (χ3v) is 7.96. The average molecular weight is 307 g/mol. The Hall–Kier alpha value is -0.870. The summed E-state index contributed by atoms with van der Waals surface area (Å²) in [6, 6.07) is 7.71. The zero-order valence-corrected chi connectivity index (χ0v) is 13.3. The van der Waals surface area contributed by atoms with Gasteiger partial charge in [-0.25, -0.2) is 8.42 Å². The van der Waals surface area contributed by atoms with Gasteiger partial charge in [0.1, 0.15) is 0 Å². The Bertz CT molecular complexity index is 591. The molecule has 1 fully saturated rings. The first-order chi connectivity index (χ1) is 10.1. The van der Waals surface area contributed by atoms with Crippen molar-refractivity contribution in [3.63, 3.8) is 0 Å². The van der Waals surface area contributed by atoms with Crippen LogP contribution < -0.4 is 5.73 Å². The van der Waals surface area contributed by atoms with Crippen LogP contribution in [0.2, 0.25) is 0 Å². The van der Waals surface area contributed by atoms with E-state index in [9.17, 15) is 8.42 Å². The topological polar surface area (TPSA) is 60.2 Å². The molecule has 116 valence electrons. The molecule has 0 amide bonds. The quantitative estimate of drug-likeness (QED) is 0.854. The predicted molar refractivity (Wildman–Crippen MR) is 85.9 cm³/mol. The number of fused-ring (bicyclic) bond motifs is 1. The second kappa shape index (κ2) is 6.09. The van der Waals surface area contributed by atoms with E-state index in [1.165, 1.54) is 12.0 Å². The van der Waals surface area contributed by atoms with Gasteiger partial charge in [0.2, 0.25) is 0 Å². The summed E-state index contributed by atoms with van der Waals surface area (Å²) in [7, 11) is -3.13. The van der Waals surface area contributed by atoms with E-state index in [1.807, 2.05) is 18.2 Å². The Balaban J connectivity index is 1.91. The Morgan fingerprint density at radius 3 is 2.43 bits per heavy atom. The van der Waals surface area contributed by atoms with Gasteiger partial charge in [-0.15, -0.1) is 0 Å². The van der Waals surface area contributed by atoms with Gasteiger partial charge < -0.3 is 5.73 Å². The summed E-state index contributed by atoms with van der Waals surface area (Å²) in [4.78, 5) is 0. The molecule has 3 rings (SSSR count). The number of benzene rings is 1. The van der Waals surface area contributed by atoms with Gasteiger partial charge in [0.15, 0.2) is 9.84 Å². The minimum absolute atomic E-state index is 0.160. The molecular weight excluding hydrogens is 282 g/mol. The molecule has 1 aromatic rings. The highest BCUT2D eigenvalue weighted by atomic mass is 32.2. The standard InChI is InChI=1S/C17H25NO2S/c18-17-15-11-5-4-7-13(15)8-6-12-16(17)21(19,20)14-9-2-1-3-10-14/h4-5,7,11,14,16-17H,1-3,6,8-10,12,18H2. The molecule has 1 saturated carbocycles. The molecule has 0 heterocycles. The number of rotatable bonds is 2. The van der Waals surface area contributed by atoms with Crippen molar-refractivity contribution < 1.29 is 8.42 Å². The molecule has 0 bridgehead atoms. The normalized spacial score (nSPS) is 27.9. The van der Waals surface area contributed by atoms with Crippen LogP contribution in [0.15, 0.2) is 24.3 Å². The number of hydrogen-bond acceptors (Lipinski definition) is 3.